The van der Waals surface area contributed by atoms with E-state index >= 15 is 0 Å². The van der Waals surface area contributed by atoms with E-state index in [1.54, 1.807) is 24.5 Å². The minimum atomic E-state index is -0.527. The van der Waals surface area contributed by atoms with Gasteiger partial charge in [-0.15, -0.1) is 4.80 Å². The number of likely N-dealkylation sites (tertiary alicyclic amines) is 1. The third kappa shape index (κ3) is 3.12. The molecule has 2 bridgehead atoms. The van der Waals surface area contributed by atoms with Gasteiger partial charge < -0.3 is 10.2 Å². The number of aromatic nitrogens is 5. The number of para-hydroxylation sites is 1. The molecule has 2 fully saturated rings. The molecular formula is C20H20FN7O. The molecular weight excluding hydrogens is 373 g/mol. The molecule has 3 atom stereocenters. The summed E-state index contributed by atoms with van der Waals surface area (Å²) in [5.41, 5.74) is 1.20. The molecule has 1 aromatic carbocycles. The number of fused-ring (bicyclic) bond motifs is 2. The Bertz CT molecular complexity index is 1040. The van der Waals surface area contributed by atoms with Crippen molar-refractivity contribution in [2.45, 2.75) is 31.8 Å². The molecule has 1 N–H and O–H groups in total. The van der Waals surface area contributed by atoms with Gasteiger partial charge in [-0.1, -0.05) is 6.07 Å². The van der Waals surface area contributed by atoms with Crippen LogP contribution in [0.3, 0.4) is 0 Å². The van der Waals surface area contributed by atoms with Gasteiger partial charge in [0.25, 0.3) is 5.91 Å². The Morgan fingerprint density at radius 3 is 2.72 bits per heavy atom. The molecule has 0 spiro atoms. The lowest BCUT2D eigenvalue weighted by atomic mass is 10.0. The summed E-state index contributed by atoms with van der Waals surface area (Å²) in [6.45, 7) is 2.56. The van der Waals surface area contributed by atoms with Gasteiger partial charge >= 0.3 is 0 Å². The lowest BCUT2D eigenvalue weighted by Crippen LogP contribution is -2.48. The van der Waals surface area contributed by atoms with Crippen LogP contribution in [-0.4, -0.2) is 54.4 Å². The summed E-state index contributed by atoms with van der Waals surface area (Å²) in [5.74, 6) is 0.388. The third-order valence-electron chi connectivity index (χ3n) is 5.69. The van der Waals surface area contributed by atoms with Crippen LogP contribution in [-0.2, 0) is 0 Å². The maximum absolute atomic E-state index is 14.5. The van der Waals surface area contributed by atoms with E-state index in [-0.39, 0.29) is 29.2 Å². The van der Waals surface area contributed by atoms with Crippen molar-refractivity contribution in [3.8, 4) is 5.69 Å². The minimum absolute atomic E-state index is 0.0253. The average molecular weight is 393 g/mol. The smallest absolute Gasteiger partial charge is 0.256 e. The van der Waals surface area contributed by atoms with Crippen LogP contribution < -0.4 is 5.32 Å². The fourth-order valence-corrected chi connectivity index (χ4v) is 4.45. The minimum Gasteiger partial charge on any atom is -0.364 e. The maximum atomic E-state index is 14.5. The molecule has 5 rings (SSSR count). The molecule has 2 aliphatic rings. The van der Waals surface area contributed by atoms with Crippen LogP contribution in [0.4, 0.5) is 10.2 Å². The number of carbonyl (C=O) groups is 1. The quantitative estimate of drug-likeness (QED) is 0.731. The number of carbonyl (C=O) groups excluding carboxylic acids is 1. The Morgan fingerprint density at radius 2 is 2.00 bits per heavy atom. The topological polar surface area (TPSA) is 88.8 Å². The molecule has 1 aliphatic heterocycles. The Labute approximate surface area is 166 Å². The van der Waals surface area contributed by atoms with E-state index in [1.807, 2.05) is 11.8 Å². The summed E-state index contributed by atoms with van der Waals surface area (Å²) in [6, 6.07) is 4.60. The molecule has 1 amide bonds. The van der Waals surface area contributed by atoms with Gasteiger partial charge in [0, 0.05) is 12.6 Å². The van der Waals surface area contributed by atoms with Crippen molar-refractivity contribution in [1.29, 1.82) is 0 Å². The molecule has 1 aliphatic carbocycles. The number of rotatable bonds is 4. The molecule has 2 aromatic heterocycles. The van der Waals surface area contributed by atoms with Gasteiger partial charge in [0.1, 0.15) is 11.5 Å². The molecule has 1 saturated carbocycles. The summed E-state index contributed by atoms with van der Waals surface area (Å²) in [7, 11) is 0. The Balaban J connectivity index is 1.41. The van der Waals surface area contributed by atoms with Crippen molar-refractivity contribution in [3.63, 3.8) is 0 Å². The molecule has 3 aromatic rings. The molecule has 3 heterocycles. The number of piperidine rings is 1. The number of anilines is 1. The standard InChI is InChI=1S/C20H20FN7O/c1-12-9-23-18(10-22-12)26-16-7-13-8-17(16)27(11-13)20(29)14-3-2-4-15(21)19(14)28-24-5-6-25-28/h2-6,9-10,13,16-17H,7-8,11H2,1H3,(H,23,26)/t13-,16+,17-/m0/s1. The van der Waals surface area contributed by atoms with Gasteiger partial charge in [0.15, 0.2) is 5.82 Å². The summed E-state index contributed by atoms with van der Waals surface area (Å²) in [5, 5.41) is 11.4. The van der Waals surface area contributed by atoms with Crippen molar-refractivity contribution < 1.29 is 9.18 Å². The van der Waals surface area contributed by atoms with Crippen molar-refractivity contribution in [3.05, 3.63) is 60.1 Å². The first kappa shape index (κ1) is 17.7. The fraction of sp³-hybridized carbons (Fsp3) is 0.350. The van der Waals surface area contributed by atoms with Gasteiger partial charge in [-0.25, -0.2) is 9.37 Å². The van der Waals surface area contributed by atoms with Gasteiger partial charge in [-0.2, -0.15) is 10.2 Å². The van der Waals surface area contributed by atoms with Crippen molar-refractivity contribution >= 4 is 11.7 Å². The molecule has 148 valence electrons. The number of hydrogen-bond acceptors (Lipinski definition) is 6. The van der Waals surface area contributed by atoms with Crippen molar-refractivity contribution in [1.82, 2.24) is 29.9 Å². The highest BCUT2D eigenvalue weighted by molar-refractivity contribution is 5.98. The number of halogens is 1. The van der Waals surface area contributed by atoms with Crippen LogP contribution in [0.2, 0.25) is 0 Å². The zero-order chi connectivity index (χ0) is 20.0. The number of nitrogens with one attached hydrogen (secondary N) is 1. The van der Waals surface area contributed by atoms with Gasteiger partial charge in [-0.3, -0.25) is 9.78 Å². The zero-order valence-electron chi connectivity index (χ0n) is 15.9. The van der Waals surface area contributed by atoms with Crippen molar-refractivity contribution in [2.75, 3.05) is 11.9 Å². The Hall–Kier alpha value is -3.36. The molecule has 0 radical (unpaired) electrons. The molecule has 9 heteroatoms. The first-order valence-corrected chi connectivity index (χ1v) is 9.61. The molecule has 1 saturated heterocycles. The summed E-state index contributed by atoms with van der Waals surface area (Å²) in [4.78, 5) is 25.0. The molecule has 0 unspecified atom stereocenters. The van der Waals surface area contributed by atoms with E-state index in [1.165, 1.54) is 18.5 Å². The van der Waals surface area contributed by atoms with Crippen LogP contribution in [0.5, 0.6) is 0 Å². The molecule has 8 nitrogen and oxygen atoms in total. The van der Waals surface area contributed by atoms with E-state index in [4.69, 9.17) is 0 Å². The highest BCUT2D eigenvalue weighted by Gasteiger charge is 2.47. The second-order valence-corrected chi connectivity index (χ2v) is 7.61. The maximum Gasteiger partial charge on any atom is 0.256 e. The predicted octanol–water partition coefficient (Wildman–Crippen LogP) is 2.22. The molecule has 29 heavy (non-hydrogen) atoms. The van der Waals surface area contributed by atoms with Crippen LogP contribution >= 0.6 is 0 Å². The second-order valence-electron chi connectivity index (χ2n) is 7.61. The van der Waals surface area contributed by atoms with Crippen LogP contribution in [0.25, 0.3) is 5.69 Å². The number of hydrogen-bond donors (Lipinski definition) is 1. The van der Waals surface area contributed by atoms with Crippen molar-refractivity contribution in [2.24, 2.45) is 5.92 Å². The lowest BCUT2D eigenvalue weighted by molar-refractivity contribution is 0.0691. The van der Waals surface area contributed by atoms with Gasteiger partial charge in [0.05, 0.1) is 42.1 Å². The second kappa shape index (κ2) is 6.91. The predicted molar refractivity (Wildman–Crippen MR) is 103 cm³/mol. The fourth-order valence-electron chi connectivity index (χ4n) is 4.45. The average Bonchev–Trinajstić information content (AvgIpc) is 3.46. The first-order chi connectivity index (χ1) is 14.1. The highest BCUT2D eigenvalue weighted by Crippen LogP contribution is 2.40. The number of aryl methyl sites for hydroxylation is 1. The lowest BCUT2D eigenvalue weighted by Gasteiger charge is -2.34. The number of nitrogens with zero attached hydrogens (tertiary/aromatic N) is 6. The Morgan fingerprint density at radius 1 is 1.17 bits per heavy atom. The van der Waals surface area contributed by atoms with Crippen LogP contribution in [0.1, 0.15) is 28.9 Å². The number of amides is 1. The summed E-state index contributed by atoms with van der Waals surface area (Å²) >= 11 is 0. The van der Waals surface area contributed by atoms with Gasteiger partial charge in [-0.05, 0) is 37.8 Å². The van der Waals surface area contributed by atoms with E-state index in [2.05, 4.69) is 25.5 Å². The normalized spacial score (nSPS) is 22.8. The highest BCUT2D eigenvalue weighted by atomic mass is 19.1. The SMILES string of the molecule is Cc1cnc(N[C@@H]2C[C@H]3C[C@@H]2N(C(=O)c2cccc(F)c2-n2nccn2)C3)cn1. The van der Waals surface area contributed by atoms with Gasteiger partial charge in [0.2, 0.25) is 0 Å². The van der Waals surface area contributed by atoms with Crippen LogP contribution in [0, 0.1) is 18.7 Å². The van der Waals surface area contributed by atoms with Crippen LogP contribution in [0.15, 0.2) is 43.0 Å². The van der Waals surface area contributed by atoms with E-state index in [0.717, 1.165) is 23.3 Å². The first-order valence-electron chi connectivity index (χ1n) is 9.61. The number of benzene rings is 1. The van der Waals surface area contributed by atoms with E-state index in [9.17, 15) is 9.18 Å². The van der Waals surface area contributed by atoms with E-state index < -0.39 is 5.82 Å². The monoisotopic (exact) mass is 393 g/mol. The van der Waals surface area contributed by atoms with E-state index in [0.29, 0.717) is 18.3 Å². The summed E-state index contributed by atoms with van der Waals surface area (Å²) in [6.07, 6.45) is 8.24. The third-order valence-corrected chi connectivity index (χ3v) is 5.69. The zero-order valence-corrected chi connectivity index (χ0v) is 15.9. The Kier molecular flexibility index (Phi) is 4.22. The largest absolute Gasteiger partial charge is 0.364 e. The summed E-state index contributed by atoms with van der Waals surface area (Å²) < 4.78 is 14.5.